The molecule has 8 rings (SSSR count). The summed E-state index contributed by atoms with van der Waals surface area (Å²) in [7, 11) is 0. The standard InChI is InChI=1S/2C23H21O.C2H6Si.2ClH.Zr/c2*1-14-10-19-12-20(22-11-15(2)17(4)24-22)13-21(19)23(16(14)3)18-8-6-5-7-9-18;1-3-2;;;/h2*5-13H,1-4H3;1-2H3;2*1H;/q2*-1;;;;+2. The molecule has 0 N–H and O–H groups in total. The van der Waals surface area contributed by atoms with Crippen molar-refractivity contribution in [3.05, 3.63) is 154 Å². The molecule has 0 aliphatic heterocycles. The zero-order valence-corrected chi connectivity index (χ0v) is 38.1. The fourth-order valence-corrected chi connectivity index (χ4v) is 6.87. The number of benzene rings is 4. The van der Waals surface area contributed by atoms with E-state index < -0.39 is 0 Å². The van der Waals surface area contributed by atoms with Crippen LogP contribution in [0.4, 0.5) is 0 Å². The fourth-order valence-electron chi connectivity index (χ4n) is 6.87. The first-order chi connectivity index (χ1) is 24.8. The minimum atomic E-state index is 0. The predicted molar refractivity (Wildman–Crippen MR) is 235 cm³/mol. The molecule has 2 heterocycles. The van der Waals surface area contributed by atoms with Crippen molar-refractivity contribution in [2.75, 3.05) is 0 Å². The second-order valence-electron chi connectivity index (χ2n) is 14.3. The minimum Gasteiger partial charge on any atom is -0.496 e. The molecule has 0 saturated heterocycles. The number of aryl methyl sites for hydroxylation is 6. The van der Waals surface area contributed by atoms with Gasteiger partial charge in [0.1, 0.15) is 0 Å². The summed E-state index contributed by atoms with van der Waals surface area (Å²) in [5.41, 5.74) is 15.5. The van der Waals surface area contributed by atoms with E-state index >= 15 is 0 Å². The van der Waals surface area contributed by atoms with Gasteiger partial charge in [-0.3, -0.25) is 0 Å². The van der Waals surface area contributed by atoms with Crippen LogP contribution < -0.4 is 0 Å². The molecule has 8 aromatic rings. The van der Waals surface area contributed by atoms with Gasteiger partial charge in [-0.1, -0.05) is 94.0 Å². The van der Waals surface area contributed by atoms with E-state index in [9.17, 15) is 0 Å². The van der Waals surface area contributed by atoms with Crippen LogP contribution in [-0.4, -0.2) is 5.43 Å². The molecule has 0 aliphatic carbocycles. The molecule has 0 fully saturated rings. The Hall–Kier alpha value is -3.66. The molecule has 2 nitrogen and oxygen atoms in total. The van der Waals surface area contributed by atoms with Crippen LogP contribution in [-0.2, 0) is 23.3 Å². The summed E-state index contributed by atoms with van der Waals surface area (Å²) >= 11 is 1.74. The van der Waals surface area contributed by atoms with E-state index in [1.165, 1.54) is 77.2 Å². The molecule has 0 radical (unpaired) electrons. The van der Waals surface area contributed by atoms with Crippen molar-refractivity contribution in [1.82, 2.24) is 0 Å². The number of hydrogen-bond acceptors (Lipinski definition) is 2. The van der Waals surface area contributed by atoms with E-state index in [1.807, 2.05) is 13.8 Å². The summed E-state index contributed by atoms with van der Waals surface area (Å²) in [5.74, 6) is 3.89. The van der Waals surface area contributed by atoms with Gasteiger partial charge in [-0.15, -0.1) is 82.8 Å². The van der Waals surface area contributed by atoms with Crippen LogP contribution in [0.15, 0.2) is 118 Å². The van der Waals surface area contributed by atoms with Gasteiger partial charge in [0.2, 0.25) is 0 Å². The summed E-state index contributed by atoms with van der Waals surface area (Å²) in [6.45, 7) is 21.6. The molecule has 6 aromatic carbocycles. The van der Waals surface area contributed by atoms with Gasteiger partial charge < -0.3 is 8.83 Å². The Morgan fingerprint density at radius 2 is 0.815 bits per heavy atom. The molecule has 0 bridgehead atoms. The third kappa shape index (κ3) is 9.23. The van der Waals surface area contributed by atoms with Crippen LogP contribution >= 0.6 is 24.8 Å². The number of fused-ring (bicyclic) bond motifs is 2. The summed E-state index contributed by atoms with van der Waals surface area (Å²) < 4.78 is 11.9. The zero-order valence-electron chi connectivity index (χ0n) is 33.0. The molecular formula is C48H50Cl2O2SiZr. The molecule has 0 saturated carbocycles. The summed E-state index contributed by atoms with van der Waals surface area (Å²) in [6.07, 6.45) is 0. The van der Waals surface area contributed by atoms with Crippen molar-refractivity contribution >= 4 is 51.8 Å². The van der Waals surface area contributed by atoms with E-state index in [4.69, 9.17) is 8.83 Å². The Labute approximate surface area is 348 Å². The molecule has 0 unspecified atom stereocenters. The van der Waals surface area contributed by atoms with Gasteiger partial charge in [-0.05, 0) is 101 Å². The summed E-state index contributed by atoms with van der Waals surface area (Å²) in [5, 5.41) is 5.15. The molecule has 276 valence electrons. The van der Waals surface area contributed by atoms with Crippen molar-refractivity contribution in [1.29, 1.82) is 0 Å². The Morgan fingerprint density at radius 3 is 1.11 bits per heavy atom. The first kappa shape index (κ1) is 43.1. The van der Waals surface area contributed by atoms with Crippen LogP contribution in [0, 0.1) is 55.4 Å². The Morgan fingerprint density at radius 1 is 0.481 bits per heavy atom. The van der Waals surface area contributed by atoms with Crippen molar-refractivity contribution in [3.8, 4) is 44.9 Å². The largest absolute Gasteiger partial charge is 0.496 e. The average Bonchev–Trinajstić information content (AvgIpc) is 3.89. The maximum absolute atomic E-state index is 5.94. The maximum Gasteiger partial charge on any atom is 0.0925 e. The molecule has 0 spiro atoms. The monoisotopic (exact) mass is 846 g/mol. The topological polar surface area (TPSA) is 26.3 Å². The SMILES string of the molecule is C[Si](C)=[Zr+2].Cc1cc(-c2cc3c(-c4ccccc4)c(C)c(C)cc3[cH-]2)oc1C.Cc1cc(-c2cc3c(-c4ccccc4)c(C)c(C)cc3[cH-]2)oc1C.Cl.Cl. The van der Waals surface area contributed by atoms with Crippen molar-refractivity contribution in [2.24, 2.45) is 0 Å². The molecule has 54 heavy (non-hydrogen) atoms. The van der Waals surface area contributed by atoms with E-state index in [0.717, 1.165) is 34.2 Å². The second kappa shape index (κ2) is 18.3. The quantitative estimate of drug-likeness (QED) is 0.130. The Bertz CT molecular complexity index is 2320. The van der Waals surface area contributed by atoms with Gasteiger partial charge >= 0.3 is 41.9 Å². The third-order valence-electron chi connectivity index (χ3n) is 10.1. The van der Waals surface area contributed by atoms with E-state index in [0.29, 0.717) is 0 Å². The summed E-state index contributed by atoms with van der Waals surface area (Å²) in [6, 6.07) is 39.1. The van der Waals surface area contributed by atoms with Gasteiger partial charge in [-0.2, -0.15) is 0 Å². The normalized spacial score (nSPS) is 10.6. The maximum atomic E-state index is 5.94. The van der Waals surface area contributed by atoms with E-state index in [2.05, 4.69) is 164 Å². The third-order valence-corrected chi connectivity index (χ3v) is 10.1. The molecule has 2 aromatic heterocycles. The summed E-state index contributed by atoms with van der Waals surface area (Å²) in [4.78, 5) is 0. The van der Waals surface area contributed by atoms with Gasteiger partial charge in [0, 0.05) is 0 Å². The smallest absolute Gasteiger partial charge is 0.0925 e. The number of hydrogen-bond donors (Lipinski definition) is 0. The van der Waals surface area contributed by atoms with Gasteiger partial charge in [-0.25, -0.2) is 0 Å². The first-order valence-electron chi connectivity index (χ1n) is 18.0. The van der Waals surface area contributed by atoms with Crippen LogP contribution in [0.2, 0.25) is 13.1 Å². The minimum absolute atomic E-state index is 0. The molecule has 0 amide bonds. The number of rotatable bonds is 4. The van der Waals surface area contributed by atoms with Crippen molar-refractivity contribution < 1.29 is 32.2 Å². The zero-order chi connectivity index (χ0) is 37.3. The fraction of sp³-hybridized carbons (Fsp3) is 0.208. The number of furan rings is 2. The van der Waals surface area contributed by atoms with Crippen molar-refractivity contribution in [2.45, 2.75) is 68.5 Å². The van der Waals surface area contributed by atoms with Gasteiger partial charge in [0.25, 0.3) is 0 Å². The Balaban J connectivity index is 0.000000212. The second-order valence-corrected chi connectivity index (χ2v) is 23.7. The number of halogens is 2. The van der Waals surface area contributed by atoms with Crippen LogP contribution in [0.1, 0.15) is 44.9 Å². The average molecular weight is 849 g/mol. The van der Waals surface area contributed by atoms with Gasteiger partial charge in [0.05, 0.1) is 23.0 Å². The molecular weight excluding hydrogens is 799 g/mol. The van der Waals surface area contributed by atoms with E-state index in [1.54, 1.807) is 23.3 Å². The Kier molecular flexibility index (Phi) is 14.6. The van der Waals surface area contributed by atoms with Crippen LogP contribution in [0.3, 0.4) is 0 Å². The van der Waals surface area contributed by atoms with Gasteiger partial charge in [0.15, 0.2) is 0 Å². The molecule has 0 atom stereocenters. The molecule has 6 heteroatoms. The first-order valence-corrected chi connectivity index (χ1v) is 24.2. The molecule has 0 aliphatic rings. The van der Waals surface area contributed by atoms with Crippen LogP contribution in [0.25, 0.3) is 66.4 Å². The van der Waals surface area contributed by atoms with Crippen LogP contribution in [0.5, 0.6) is 0 Å². The predicted octanol–water partition coefficient (Wildman–Crippen LogP) is 15.1. The van der Waals surface area contributed by atoms with E-state index in [-0.39, 0.29) is 30.2 Å². The van der Waals surface area contributed by atoms with Crippen molar-refractivity contribution in [3.63, 3.8) is 0 Å².